The lowest BCUT2D eigenvalue weighted by atomic mass is 10.3. The van der Waals surface area contributed by atoms with Crippen LogP contribution in [0, 0.1) is 0 Å². The Labute approximate surface area is 98.3 Å². The lowest BCUT2D eigenvalue weighted by molar-refractivity contribution is -0.128. The highest BCUT2D eigenvalue weighted by molar-refractivity contribution is 5.78. The van der Waals surface area contributed by atoms with Gasteiger partial charge >= 0.3 is 0 Å². The Bertz CT molecular complexity index is 531. The Morgan fingerprint density at radius 3 is 3.06 bits per heavy atom. The summed E-state index contributed by atoms with van der Waals surface area (Å²) in [6.07, 6.45) is 3.53. The molecule has 5 heteroatoms. The molecule has 1 saturated heterocycles. The summed E-state index contributed by atoms with van der Waals surface area (Å²) in [5.74, 6) is -0.00504. The summed E-state index contributed by atoms with van der Waals surface area (Å²) in [6, 6.07) is 5.78. The largest absolute Gasteiger partial charge is 0.391 e. The van der Waals surface area contributed by atoms with Crippen LogP contribution in [0.4, 0.5) is 0 Å². The number of nitrogens with zero attached hydrogens (tertiary/aromatic N) is 3. The summed E-state index contributed by atoms with van der Waals surface area (Å²) in [6.45, 7) is 0.879. The van der Waals surface area contributed by atoms with Crippen molar-refractivity contribution in [2.75, 3.05) is 6.54 Å². The van der Waals surface area contributed by atoms with Crippen molar-refractivity contribution >= 4 is 11.6 Å². The number of imidazole rings is 1. The minimum absolute atomic E-state index is 0.00504. The Morgan fingerprint density at radius 2 is 2.35 bits per heavy atom. The highest BCUT2D eigenvalue weighted by atomic mass is 16.3. The molecule has 1 atom stereocenters. The molecule has 0 aromatic carbocycles. The Balaban J connectivity index is 1.83. The maximum absolute atomic E-state index is 11.5. The summed E-state index contributed by atoms with van der Waals surface area (Å²) in [5, 5.41) is 9.40. The van der Waals surface area contributed by atoms with Crippen molar-refractivity contribution in [3.05, 3.63) is 36.3 Å². The number of pyridine rings is 1. The number of amides is 1. The van der Waals surface area contributed by atoms with Gasteiger partial charge in [0.25, 0.3) is 0 Å². The van der Waals surface area contributed by atoms with Crippen LogP contribution >= 0.6 is 0 Å². The first kappa shape index (κ1) is 10.3. The fourth-order valence-electron chi connectivity index (χ4n) is 2.16. The van der Waals surface area contributed by atoms with Gasteiger partial charge in [0.1, 0.15) is 5.65 Å². The normalized spacial score (nSPS) is 20.4. The first-order valence-electron chi connectivity index (χ1n) is 5.61. The fraction of sp³-hybridized carbons (Fsp3) is 0.333. The Hall–Kier alpha value is -1.88. The third kappa shape index (κ3) is 1.89. The van der Waals surface area contributed by atoms with Gasteiger partial charge in [0.15, 0.2) is 0 Å². The molecule has 1 aliphatic heterocycles. The molecule has 1 amide bonds. The van der Waals surface area contributed by atoms with E-state index in [1.165, 1.54) is 0 Å². The van der Waals surface area contributed by atoms with Gasteiger partial charge < -0.3 is 14.4 Å². The molecule has 5 nitrogen and oxygen atoms in total. The summed E-state index contributed by atoms with van der Waals surface area (Å²) in [5.41, 5.74) is 1.72. The highest BCUT2D eigenvalue weighted by Gasteiger charge is 2.28. The SMILES string of the molecule is O=C1CC(O)CN1Cc1cn2ccccc2n1. The van der Waals surface area contributed by atoms with Crippen molar-refractivity contribution in [1.82, 2.24) is 14.3 Å². The number of aromatic nitrogens is 2. The molecule has 3 heterocycles. The van der Waals surface area contributed by atoms with Crippen LogP contribution in [0.25, 0.3) is 5.65 Å². The predicted octanol–water partition coefficient (Wildman–Crippen LogP) is 0.427. The zero-order valence-electron chi connectivity index (χ0n) is 9.28. The van der Waals surface area contributed by atoms with E-state index in [4.69, 9.17) is 0 Å². The number of hydrogen-bond donors (Lipinski definition) is 1. The quantitative estimate of drug-likeness (QED) is 0.815. The third-order valence-corrected chi connectivity index (χ3v) is 2.96. The van der Waals surface area contributed by atoms with Crippen LogP contribution in [-0.2, 0) is 11.3 Å². The average molecular weight is 231 g/mol. The van der Waals surface area contributed by atoms with Crippen molar-refractivity contribution in [2.24, 2.45) is 0 Å². The monoisotopic (exact) mass is 231 g/mol. The van der Waals surface area contributed by atoms with Gasteiger partial charge in [0.2, 0.25) is 5.91 Å². The maximum Gasteiger partial charge on any atom is 0.225 e. The maximum atomic E-state index is 11.5. The van der Waals surface area contributed by atoms with Crippen molar-refractivity contribution in [2.45, 2.75) is 19.1 Å². The van der Waals surface area contributed by atoms with Crippen LogP contribution in [0.15, 0.2) is 30.6 Å². The molecule has 0 saturated carbocycles. The first-order chi connectivity index (χ1) is 8.22. The van der Waals surface area contributed by atoms with E-state index in [1.54, 1.807) is 4.90 Å². The van der Waals surface area contributed by atoms with Gasteiger partial charge in [-0.1, -0.05) is 6.07 Å². The number of carbonyl (C=O) groups excluding carboxylic acids is 1. The van der Waals surface area contributed by atoms with E-state index >= 15 is 0 Å². The van der Waals surface area contributed by atoms with Crippen LogP contribution in [-0.4, -0.2) is 37.9 Å². The zero-order chi connectivity index (χ0) is 11.8. The van der Waals surface area contributed by atoms with E-state index in [0.29, 0.717) is 13.1 Å². The van der Waals surface area contributed by atoms with Crippen molar-refractivity contribution in [3.8, 4) is 0 Å². The van der Waals surface area contributed by atoms with Crippen LogP contribution in [0.1, 0.15) is 12.1 Å². The molecular formula is C12H13N3O2. The summed E-state index contributed by atoms with van der Waals surface area (Å²) in [4.78, 5) is 17.6. The van der Waals surface area contributed by atoms with Gasteiger partial charge in [-0.05, 0) is 12.1 Å². The number of aliphatic hydroxyl groups excluding tert-OH is 1. The standard InChI is InChI=1S/C12H13N3O2/c16-10-5-12(17)15(8-10)7-9-6-14-4-2-1-3-11(14)13-9/h1-4,6,10,16H,5,7-8H2. The molecule has 0 spiro atoms. The van der Waals surface area contributed by atoms with E-state index in [2.05, 4.69) is 4.98 Å². The molecule has 1 unspecified atom stereocenters. The molecule has 2 aromatic heterocycles. The van der Waals surface area contributed by atoms with Crippen molar-refractivity contribution in [1.29, 1.82) is 0 Å². The molecule has 88 valence electrons. The number of hydrogen-bond acceptors (Lipinski definition) is 3. The average Bonchev–Trinajstić information content (AvgIpc) is 2.82. The predicted molar refractivity (Wildman–Crippen MR) is 61.2 cm³/mol. The van der Waals surface area contributed by atoms with Gasteiger partial charge in [-0.25, -0.2) is 4.98 Å². The molecular weight excluding hydrogens is 218 g/mol. The molecule has 2 aromatic rings. The molecule has 0 aliphatic carbocycles. The number of rotatable bonds is 2. The van der Waals surface area contributed by atoms with Crippen LogP contribution in [0.5, 0.6) is 0 Å². The number of fused-ring (bicyclic) bond motifs is 1. The molecule has 17 heavy (non-hydrogen) atoms. The topological polar surface area (TPSA) is 57.8 Å². The molecule has 1 aliphatic rings. The minimum Gasteiger partial charge on any atom is -0.391 e. The summed E-state index contributed by atoms with van der Waals surface area (Å²) < 4.78 is 1.92. The van der Waals surface area contributed by atoms with E-state index in [0.717, 1.165) is 11.3 Å². The van der Waals surface area contributed by atoms with Gasteiger partial charge in [0.05, 0.1) is 24.8 Å². The fourth-order valence-corrected chi connectivity index (χ4v) is 2.16. The summed E-state index contributed by atoms with van der Waals surface area (Å²) in [7, 11) is 0. The number of likely N-dealkylation sites (tertiary alicyclic amines) is 1. The second-order valence-electron chi connectivity index (χ2n) is 4.33. The second-order valence-corrected chi connectivity index (χ2v) is 4.33. The van der Waals surface area contributed by atoms with Gasteiger partial charge in [-0.15, -0.1) is 0 Å². The minimum atomic E-state index is -0.528. The lowest BCUT2D eigenvalue weighted by Gasteiger charge is -2.13. The second kappa shape index (κ2) is 3.85. The van der Waals surface area contributed by atoms with Crippen LogP contribution in [0.3, 0.4) is 0 Å². The van der Waals surface area contributed by atoms with Crippen molar-refractivity contribution in [3.63, 3.8) is 0 Å². The lowest BCUT2D eigenvalue weighted by Crippen LogP contribution is -2.25. The van der Waals surface area contributed by atoms with Gasteiger partial charge in [0, 0.05) is 18.9 Å². The van der Waals surface area contributed by atoms with Gasteiger partial charge in [-0.2, -0.15) is 0 Å². The zero-order valence-corrected chi connectivity index (χ0v) is 9.28. The third-order valence-electron chi connectivity index (χ3n) is 2.96. The smallest absolute Gasteiger partial charge is 0.225 e. The Morgan fingerprint density at radius 1 is 1.47 bits per heavy atom. The van der Waals surface area contributed by atoms with E-state index in [1.807, 2.05) is 35.0 Å². The molecule has 1 fully saturated rings. The molecule has 3 rings (SSSR count). The summed E-state index contributed by atoms with van der Waals surface area (Å²) >= 11 is 0. The number of aliphatic hydroxyl groups is 1. The molecule has 0 bridgehead atoms. The first-order valence-corrected chi connectivity index (χ1v) is 5.61. The molecule has 0 radical (unpaired) electrons. The Kier molecular flexibility index (Phi) is 2.33. The van der Waals surface area contributed by atoms with Crippen LogP contribution in [0.2, 0.25) is 0 Å². The molecule has 1 N–H and O–H groups in total. The van der Waals surface area contributed by atoms with E-state index < -0.39 is 6.10 Å². The van der Waals surface area contributed by atoms with E-state index in [-0.39, 0.29) is 12.3 Å². The number of carbonyl (C=O) groups is 1. The number of β-amino-alcohol motifs (C(OH)–C–C–N with tert-alkyl or cyclic N) is 1. The van der Waals surface area contributed by atoms with Crippen molar-refractivity contribution < 1.29 is 9.90 Å². The van der Waals surface area contributed by atoms with Gasteiger partial charge in [-0.3, -0.25) is 4.79 Å². The van der Waals surface area contributed by atoms with Crippen LogP contribution < -0.4 is 0 Å². The highest BCUT2D eigenvalue weighted by Crippen LogP contribution is 2.15. The van der Waals surface area contributed by atoms with E-state index in [9.17, 15) is 9.90 Å².